The van der Waals surface area contributed by atoms with E-state index in [1.165, 1.54) is 6.08 Å². The highest BCUT2D eigenvalue weighted by atomic mass is 19.4. The average Bonchev–Trinajstić information content (AvgIpc) is 2.13. The van der Waals surface area contributed by atoms with Crippen molar-refractivity contribution in [1.29, 1.82) is 0 Å². The van der Waals surface area contributed by atoms with E-state index in [0.29, 0.717) is 6.42 Å². The predicted octanol–water partition coefficient (Wildman–Crippen LogP) is 4.31. The molecule has 0 aromatic carbocycles. The van der Waals surface area contributed by atoms with Crippen LogP contribution >= 0.6 is 0 Å². The SMILES string of the molecule is C=C(C)/C=C\C/C(=N\C(C)CC)C(F)(F)F. The Kier molecular flexibility index (Phi) is 6.08. The molecule has 0 aliphatic carbocycles. The first-order valence-electron chi connectivity index (χ1n) is 5.23. The molecule has 0 rings (SSSR count). The van der Waals surface area contributed by atoms with Gasteiger partial charge in [-0.3, -0.25) is 4.99 Å². The highest BCUT2D eigenvalue weighted by Crippen LogP contribution is 2.21. The normalized spacial score (nSPS) is 15.5. The standard InChI is InChI=1S/C12H18F3N/c1-5-10(4)16-11(12(13,14)15)8-6-7-9(2)3/h6-7,10H,2,5,8H2,1,3-4H3/b7-6-,16-11+. The van der Waals surface area contributed by atoms with E-state index in [1.54, 1.807) is 19.9 Å². The number of hydrogen-bond donors (Lipinski definition) is 0. The zero-order chi connectivity index (χ0) is 12.8. The van der Waals surface area contributed by atoms with Crippen LogP contribution in [-0.4, -0.2) is 17.9 Å². The summed E-state index contributed by atoms with van der Waals surface area (Å²) in [5, 5.41) is 0. The molecule has 0 bridgehead atoms. The van der Waals surface area contributed by atoms with E-state index in [0.717, 1.165) is 5.57 Å². The zero-order valence-electron chi connectivity index (χ0n) is 9.93. The fourth-order valence-corrected chi connectivity index (χ4v) is 0.971. The number of halogens is 3. The monoisotopic (exact) mass is 233 g/mol. The van der Waals surface area contributed by atoms with Gasteiger partial charge in [0.1, 0.15) is 5.71 Å². The van der Waals surface area contributed by atoms with Gasteiger partial charge in [0.15, 0.2) is 0 Å². The van der Waals surface area contributed by atoms with Crippen LogP contribution in [0.15, 0.2) is 29.3 Å². The Morgan fingerprint density at radius 2 is 2.00 bits per heavy atom. The van der Waals surface area contributed by atoms with E-state index in [1.807, 2.05) is 6.92 Å². The molecule has 0 radical (unpaired) electrons. The lowest BCUT2D eigenvalue weighted by molar-refractivity contribution is -0.0603. The molecule has 0 fully saturated rings. The van der Waals surface area contributed by atoms with Gasteiger partial charge in [-0.15, -0.1) is 0 Å². The van der Waals surface area contributed by atoms with Crippen LogP contribution in [0.4, 0.5) is 13.2 Å². The molecule has 0 amide bonds. The van der Waals surface area contributed by atoms with Crippen LogP contribution in [0.5, 0.6) is 0 Å². The molecule has 16 heavy (non-hydrogen) atoms. The highest BCUT2D eigenvalue weighted by molar-refractivity contribution is 5.91. The van der Waals surface area contributed by atoms with Crippen molar-refractivity contribution in [1.82, 2.24) is 0 Å². The predicted molar refractivity (Wildman–Crippen MR) is 61.8 cm³/mol. The molecule has 0 aromatic heterocycles. The molecule has 1 nitrogen and oxygen atoms in total. The van der Waals surface area contributed by atoms with Crippen LogP contribution in [-0.2, 0) is 0 Å². The molecule has 1 unspecified atom stereocenters. The van der Waals surface area contributed by atoms with Gasteiger partial charge in [0, 0.05) is 12.5 Å². The molecule has 0 N–H and O–H groups in total. The summed E-state index contributed by atoms with van der Waals surface area (Å²) in [4.78, 5) is 3.67. The van der Waals surface area contributed by atoms with Gasteiger partial charge in [0.2, 0.25) is 0 Å². The maximum Gasteiger partial charge on any atom is 0.429 e. The summed E-state index contributed by atoms with van der Waals surface area (Å²) in [6.45, 7) is 8.80. The number of hydrogen-bond acceptors (Lipinski definition) is 1. The van der Waals surface area contributed by atoms with Crippen LogP contribution in [0.2, 0.25) is 0 Å². The molecule has 4 heteroatoms. The first kappa shape index (κ1) is 14.9. The van der Waals surface area contributed by atoms with Gasteiger partial charge in [0.05, 0.1) is 0 Å². The van der Waals surface area contributed by atoms with Crippen LogP contribution < -0.4 is 0 Å². The molecule has 0 aliphatic heterocycles. The molecule has 0 saturated carbocycles. The summed E-state index contributed by atoms with van der Waals surface area (Å²) in [6, 6.07) is -0.296. The number of allylic oxidation sites excluding steroid dienone is 3. The van der Waals surface area contributed by atoms with E-state index in [2.05, 4.69) is 11.6 Å². The van der Waals surface area contributed by atoms with E-state index in [9.17, 15) is 13.2 Å². The lowest BCUT2D eigenvalue weighted by Gasteiger charge is -2.11. The molecular weight excluding hydrogens is 215 g/mol. The van der Waals surface area contributed by atoms with Crippen LogP contribution in [0.25, 0.3) is 0 Å². The van der Waals surface area contributed by atoms with Crippen molar-refractivity contribution in [3.63, 3.8) is 0 Å². The third-order valence-electron chi connectivity index (χ3n) is 2.01. The Bertz CT molecular complexity index is 287. The van der Waals surface area contributed by atoms with Crippen molar-refractivity contribution in [3.8, 4) is 0 Å². The number of nitrogens with zero attached hydrogens (tertiary/aromatic N) is 1. The summed E-state index contributed by atoms with van der Waals surface area (Å²) in [5.74, 6) is 0. The smallest absolute Gasteiger partial charge is 0.281 e. The Morgan fingerprint density at radius 1 is 1.44 bits per heavy atom. The Labute approximate surface area is 94.8 Å². The maximum atomic E-state index is 12.6. The van der Waals surface area contributed by atoms with Crippen LogP contribution in [0.3, 0.4) is 0 Å². The Hall–Kier alpha value is -1.06. The molecule has 0 aliphatic rings. The highest BCUT2D eigenvalue weighted by Gasteiger charge is 2.34. The summed E-state index contributed by atoms with van der Waals surface area (Å²) in [7, 11) is 0. The van der Waals surface area contributed by atoms with Crippen molar-refractivity contribution in [2.24, 2.45) is 4.99 Å². The zero-order valence-corrected chi connectivity index (χ0v) is 9.93. The largest absolute Gasteiger partial charge is 0.429 e. The fourth-order valence-electron chi connectivity index (χ4n) is 0.971. The van der Waals surface area contributed by atoms with Crippen molar-refractivity contribution in [2.45, 2.75) is 45.8 Å². The molecule has 1 atom stereocenters. The third-order valence-corrected chi connectivity index (χ3v) is 2.01. The number of rotatable bonds is 5. The van der Waals surface area contributed by atoms with Gasteiger partial charge >= 0.3 is 6.18 Å². The van der Waals surface area contributed by atoms with E-state index in [4.69, 9.17) is 0 Å². The van der Waals surface area contributed by atoms with Crippen LogP contribution in [0.1, 0.15) is 33.6 Å². The fraction of sp³-hybridized carbons (Fsp3) is 0.583. The van der Waals surface area contributed by atoms with Crippen molar-refractivity contribution in [3.05, 3.63) is 24.3 Å². The second-order valence-corrected chi connectivity index (χ2v) is 3.78. The Balaban J connectivity index is 4.71. The summed E-state index contributed by atoms with van der Waals surface area (Å²) >= 11 is 0. The Morgan fingerprint density at radius 3 is 2.38 bits per heavy atom. The molecule has 92 valence electrons. The molecule has 0 saturated heterocycles. The molecule has 0 aromatic rings. The molecule has 0 spiro atoms. The van der Waals surface area contributed by atoms with Crippen LogP contribution in [0, 0.1) is 0 Å². The second-order valence-electron chi connectivity index (χ2n) is 3.78. The minimum absolute atomic E-state index is 0.194. The summed E-state index contributed by atoms with van der Waals surface area (Å²) in [5.41, 5.74) is 0.00409. The topological polar surface area (TPSA) is 12.4 Å². The van der Waals surface area contributed by atoms with E-state index < -0.39 is 11.9 Å². The second kappa shape index (κ2) is 6.51. The first-order chi connectivity index (χ1) is 7.27. The van der Waals surface area contributed by atoms with Gasteiger partial charge in [-0.05, 0) is 20.3 Å². The molecule has 0 heterocycles. The van der Waals surface area contributed by atoms with Crippen molar-refractivity contribution in [2.75, 3.05) is 0 Å². The van der Waals surface area contributed by atoms with E-state index in [-0.39, 0.29) is 12.5 Å². The van der Waals surface area contributed by atoms with Gasteiger partial charge < -0.3 is 0 Å². The minimum atomic E-state index is -4.34. The average molecular weight is 233 g/mol. The van der Waals surface area contributed by atoms with Gasteiger partial charge in [-0.1, -0.05) is 31.2 Å². The quantitative estimate of drug-likeness (QED) is 0.495. The molecular formula is C12H18F3N. The van der Waals surface area contributed by atoms with Gasteiger partial charge in [-0.2, -0.15) is 13.2 Å². The lowest BCUT2D eigenvalue weighted by Crippen LogP contribution is -2.24. The maximum absolute atomic E-state index is 12.6. The number of alkyl halides is 3. The summed E-state index contributed by atoms with van der Waals surface area (Å²) < 4.78 is 37.7. The number of aliphatic imine (C=N–C) groups is 1. The van der Waals surface area contributed by atoms with E-state index >= 15 is 0 Å². The minimum Gasteiger partial charge on any atom is -0.281 e. The van der Waals surface area contributed by atoms with Gasteiger partial charge in [-0.25, -0.2) is 0 Å². The first-order valence-corrected chi connectivity index (χ1v) is 5.23. The lowest BCUT2D eigenvalue weighted by atomic mass is 10.2. The van der Waals surface area contributed by atoms with Gasteiger partial charge in [0.25, 0.3) is 0 Å². The third kappa shape index (κ3) is 6.43. The summed E-state index contributed by atoms with van der Waals surface area (Å²) in [6.07, 6.45) is -0.928. The van der Waals surface area contributed by atoms with Crippen molar-refractivity contribution < 1.29 is 13.2 Å². The van der Waals surface area contributed by atoms with Crippen molar-refractivity contribution >= 4 is 5.71 Å².